The molecule has 0 aromatic rings. The Labute approximate surface area is 80.4 Å². The maximum Gasteiger partial charge on any atom is 0.183 e. The van der Waals surface area contributed by atoms with Crippen molar-refractivity contribution in [3.05, 3.63) is 0 Å². The summed E-state index contributed by atoms with van der Waals surface area (Å²) in [4.78, 5) is 19.7. The number of hydrogen-bond donors (Lipinski definition) is 1. The molecule has 2 N–H and O–H groups in total. The molecule has 72 valence electrons. The molecule has 1 rings (SSSR count). The van der Waals surface area contributed by atoms with Gasteiger partial charge in [-0.3, -0.25) is 9.79 Å². The van der Waals surface area contributed by atoms with Crippen LogP contribution in [-0.2, 0) is 9.63 Å². The van der Waals surface area contributed by atoms with Crippen LogP contribution in [0.15, 0.2) is 10.1 Å². The normalized spacial score (nSPS) is 22.8. The lowest BCUT2D eigenvalue weighted by Gasteiger charge is -1.98. The number of carbonyl (C=O) groups excluding carboxylic acids is 1. The molecule has 0 aromatic carbocycles. The van der Waals surface area contributed by atoms with Gasteiger partial charge in [-0.25, -0.2) is 0 Å². The van der Waals surface area contributed by atoms with Gasteiger partial charge in [0.2, 0.25) is 0 Å². The summed E-state index contributed by atoms with van der Waals surface area (Å²) in [5, 5.41) is 3.61. The van der Waals surface area contributed by atoms with E-state index in [1.165, 1.54) is 25.8 Å². The molecule has 0 saturated heterocycles. The van der Waals surface area contributed by atoms with Crippen LogP contribution in [0, 0.1) is 0 Å². The Kier molecular flexibility index (Phi) is 3.44. The van der Waals surface area contributed by atoms with Gasteiger partial charge < -0.3 is 10.6 Å². The van der Waals surface area contributed by atoms with Gasteiger partial charge in [0.05, 0.1) is 5.71 Å². The van der Waals surface area contributed by atoms with E-state index in [1.54, 1.807) is 0 Å². The van der Waals surface area contributed by atoms with Crippen LogP contribution >= 0.6 is 11.8 Å². The molecule has 0 fully saturated rings. The largest absolute Gasteiger partial charge is 0.399 e. The lowest BCUT2D eigenvalue weighted by Crippen LogP contribution is -2.22. The summed E-state index contributed by atoms with van der Waals surface area (Å²) >= 11 is 1.46. The lowest BCUT2D eigenvalue weighted by atomic mass is 10.2. The van der Waals surface area contributed by atoms with Gasteiger partial charge in [0.15, 0.2) is 11.5 Å². The first-order valence-electron chi connectivity index (χ1n) is 3.71. The predicted octanol–water partition coefficient (Wildman–Crippen LogP) is 0.00790. The highest BCUT2D eigenvalue weighted by molar-refractivity contribution is 8.01. The summed E-state index contributed by atoms with van der Waals surface area (Å²) in [6.07, 6.45) is 0. The van der Waals surface area contributed by atoms with E-state index in [9.17, 15) is 4.79 Å². The van der Waals surface area contributed by atoms with Gasteiger partial charge in [-0.15, -0.1) is 11.8 Å². The monoisotopic (exact) mass is 201 g/mol. The SMILES string of the molecule is CON=C(C(C)=O)C1=NC(N)SC1. The summed E-state index contributed by atoms with van der Waals surface area (Å²) in [5.41, 5.74) is 6.13. The second kappa shape index (κ2) is 4.38. The molecular weight excluding hydrogens is 190 g/mol. The molecule has 0 radical (unpaired) electrons. The molecule has 0 aliphatic carbocycles. The van der Waals surface area contributed by atoms with Crippen molar-refractivity contribution < 1.29 is 9.63 Å². The average molecular weight is 201 g/mol. The zero-order valence-electron chi connectivity index (χ0n) is 7.48. The molecule has 0 bridgehead atoms. The molecule has 1 unspecified atom stereocenters. The Morgan fingerprint density at radius 3 is 2.92 bits per heavy atom. The number of thioether (sulfide) groups is 1. The number of nitrogens with zero attached hydrogens (tertiary/aromatic N) is 2. The fourth-order valence-corrected chi connectivity index (χ4v) is 1.68. The zero-order valence-corrected chi connectivity index (χ0v) is 8.30. The van der Waals surface area contributed by atoms with E-state index in [4.69, 9.17) is 5.73 Å². The number of ketones is 1. The van der Waals surface area contributed by atoms with Gasteiger partial charge in [0, 0.05) is 12.7 Å². The molecule has 6 heteroatoms. The first-order valence-corrected chi connectivity index (χ1v) is 4.76. The molecule has 0 spiro atoms. The van der Waals surface area contributed by atoms with Gasteiger partial charge in [0.1, 0.15) is 12.6 Å². The van der Waals surface area contributed by atoms with E-state index in [-0.39, 0.29) is 17.0 Å². The van der Waals surface area contributed by atoms with Gasteiger partial charge in [-0.05, 0) is 0 Å². The van der Waals surface area contributed by atoms with Crippen molar-refractivity contribution in [1.29, 1.82) is 0 Å². The molecule has 13 heavy (non-hydrogen) atoms. The third kappa shape index (κ3) is 2.53. The molecule has 0 aromatic heterocycles. The highest BCUT2D eigenvalue weighted by Crippen LogP contribution is 2.16. The number of rotatable bonds is 3. The number of carbonyl (C=O) groups is 1. The summed E-state index contributed by atoms with van der Waals surface area (Å²) in [6, 6.07) is 0. The topological polar surface area (TPSA) is 77.0 Å². The van der Waals surface area contributed by atoms with Crippen molar-refractivity contribution >= 4 is 29.0 Å². The Morgan fingerprint density at radius 1 is 1.85 bits per heavy atom. The maximum atomic E-state index is 11.1. The first-order chi connectivity index (χ1) is 6.15. The third-order valence-electron chi connectivity index (χ3n) is 1.46. The van der Waals surface area contributed by atoms with Crippen molar-refractivity contribution in [2.24, 2.45) is 15.9 Å². The maximum absolute atomic E-state index is 11.1. The van der Waals surface area contributed by atoms with Gasteiger partial charge in [0.25, 0.3) is 0 Å². The van der Waals surface area contributed by atoms with Crippen LogP contribution in [0.4, 0.5) is 0 Å². The van der Waals surface area contributed by atoms with Crippen molar-refractivity contribution in [1.82, 2.24) is 0 Å². The molecule has 0 amide bonds. The number of Topliss-reactive ketones (excluding diaryl/α,β-unsaturated/α-hetero) is 1. The quantitative estimate of drug-likeness (QED) is 0.515. The summed E-state index contributed by atoms with van der Waals surface area (Å²) < 4.78 is 0. The molecular formula is C7H11N3O2S. The van der Waals surface area contributed by atoms with Crippen LogP contribution in [0.1, 0.15) is 6.92 Å². The van der Waals surface area contributed by atoms with E-state index >= 15 is 0 Å². The van der Waals surface area contributed by atoms with Crippen LogP contribution < -0.4 is 5.73 Å². The molecule has 1 aliphatic rings. The Balaban J connectivity index is 2.83. The van der Waals surface area contributed by atoms with E-state index in [1.807, 2.05) is 0 Å². The second-order valence-corrected chi connectivity index (χ2v) is 3.56. The average Bonchev–Trinajstić information content (AvgIpc) is 2.46. The van der Waals surface area contributed by atoms with Gasteiger partial charge in [-0.1, -0.05) is 5.16 Å². The van der Waals surface area contributed by atoms with E-state index in [0.717, 1.165) is 0 Å². The van der Waals surface area contributed by atoms with Crippen molar-refractivity contribution in [3.63, 3.8) is 0 Å². The fourth-order valence-electron chi connectivity index (χ4n) is 0.933. The Bertz CT molecular complexity index is 275. The lowest BCUT2D eigenvalue weighted by molar-refractivity contribution is -0.111. The first kappa shape index (κ1) is 10.2. The number of nitrogens with two attached hydrogens (primary N) is 1. The summed E-state index contributed by atoms with van der Waals surface area (Å²) in [6.45, 7) is 1.43. The van der Waals surface area contributed by atoms with E-state index in [0.29, 0.717) is 11.5 Å². The Hall–Kier alpha value is -0.880. The van der Waals surface area contributed by atoms with Crippen molar-refractivity contribution in [2.75, 3.05) is 12.9 Å². The van der Waals surface area contributed by atoms with E-state index < -0.39 is 0 Å². The number of hydrogen-bond acceptors (Lipinski definition) is 6. The van der Waals surface area contributed by atoms with Gasteiger partial charge in [-0.2, -0.15) is 0 Å². The van der Waals surface area contributed by atoms with Crippen LogP contribution in [-0.4, -0.2) is 35.6 Å². The standard InChI is InChI=1S/C7H11N3O2S/c1-4(11)6(10-12-2)5-3-13-7(8)9-5/h7H,3,8H2,1-2H3. The molecule has 0 saturated carbocycles. The number of oxime groups is 1. The van der Waals surface area contributed by atoms with Crippen LogP contribution in [0.25, 0.3) is 0 Å². The highest BCUT2D eigenvalue weighted by Gasteiger charge is 2.22. The molecule has 1 aliphatic heterocycles. The second-order valence-electron chi connectivity index (χ2n) is 2.46. The van der Waals surface area contributed by atoms with Crippen LogP contribution in [0.3, 0.4) is 0 Å². The third-order valence-corrected chi connectivity index (χ3v) is 2.35. The Morgan fingerprint density at radius 2 is 2.54 bits per heavy atom. The summed E-state index contributed by atoms with van der Waals surface area (Å²) in [7, 11) is 1.39. The fraction of sp³-hybridized carbons (Fsp3) is 0.571. The molecule has 1 heterocycles. The van der Waals surface area contributed by atoms with Crippen molar-refractivity contribution in [3.8, 4) is 0 Å². The van der Waals surface area contributed by atoms with Gasteiger partial charge >= 0.3 is 0 Å². The zero-order chi connectivity index (χ0) is 9.84. The van der Waals surface area contributed by atoms with Crippen LogP contribution in [0.2, 0.25) is 0 Å². The van der Waals surface area contributed by atoms with E-state index in [2.05, 4.69) is 15.0 Å². The molecule has 1 atom stereocenters. The smallest absolute Gasteiger partial charge is 0.183 e. The van der Waals surface area contributed by atoms with Crippen molar-refractivity contribution in [2.45, 2.75) is 12.4 Å². The summed E-state index contributed by atoms with van der Waals surface area (Å²) in [5.74, 6) is 0.457. The minimum absolute atomic E-state index is 0.157. The minimum Gasteiger partial charge on any atom is -0.399 e. The highest BCUT2D eigenvalue weighted by atomic mass is 32.2. The minimum atomic E-state index is -0.281. The number of aliphatic imine (C=N–C) groups is 1. The van der Waals surface area contributed by atoms with Crippen LogP contribution in [0.5, 0.6) is 0 Å². The molecule has 5 nitrogen and oxygen atoms in total. The predicted molar refractivity (Wildman–Crippen MR) is 53.0 cm³/mol.